The van der Waals surface area contributed by atoms with Crippen molar-refractivity contribution in [3.63, 3.8) is 0 Å². The van der Waals surface area contributed by atoms with Gasteiger partial charge in [-0.15, -0.1) is 0 Å². The van der Waals surface area contributed by atoms with Crippen molar-refractivity contribution in [2.45, 2.75) is 5.54 Å². The van der Waals surface area contributed by atoms with Crippen LogP contribution in [-0.4, -0.2) is 42.5 Å². The Balaban J connectivity index is 1.59. The monoisotopic (exact) mass is 407 g/mol. The van der Waals surface area contributed by atoms with E-state index in [1.165, 1.54) is 22.4 Å². The molecule has 0 atom stereocenters. The highest BCUT2D eigenvalue weighted by Crippen LogP contribution is 2.42. The van der Waals surface area contributed by atoms with Gasteiger partial charge in [-0.1, -0.05) is 91.0 Å². The molecule has 5 rings (SSSR count). The number of hydrogen-bond acceptors (Lipinski definition) is 3. The molecule has 3 aromatic rings. The smallest absolute Gasteiger partial charge is 0.0974 e. The minimum Gasteiger partial charge on any atom is -0.387 e. The SMILES string of the molecule is C1=CC(N2CCN(C(c3ccccc3)(c3ccccc3)c3ccccc3)CC2)=CCN1. The summed E-state index contributed by atoms with van der Waals surface area (Å²) in [5.41, 5.74) is 4.99. The van der Waals surface area contributed by atoms with Crippen molar-refractivity contribution < 1.29 is 0 Å². The lowest BCUT2D eigenvalue weighted by Crippen LogP contribution is -2.56. The van der Waals surface area contributed by atoms with Crippen LogP contribution in [0.4, 0.5) is 0 Å². The van der Waals surface area contributed by atoms with Gasteiger partial charge >= 0.3 is 0 Å². The fourth-order valence-electron chi connectivity index (χ4n) is 5.06. The summed E-state index contributed by atoms with van der Waals surface area (Å²) in [4.78, 5) is 5.19. The lowest BCUT2D eigenvalue weighted by molar-refractivity contribution is 0.0902. The number of benzene rings is 3. The Hall–Kier alpha value is -3.30. The zero-order chi connectivity index (χ0) is 20.9. The molecule has 0 unspecified atom stereocenters. The second kappa shape index (κ2) is 8.83. The quantitative estimate of drug-likeness (QED) is 0.624. The molecule has 2 aliphatic rings. The van der Waals surface area contributed by atoms with E-state index in [1.807, 2.05) is 0 Å². The second-order valence-electron chi connectivity index (χ2n) is 8.15. The molecule has 0 aromatic heterocycles. The third kappa shape index (κ3) is 3.66. The summed E-state index contributed by atoms with van der Waals surface area (Å²) < 4.78 is 0. The van der Waals surface area contributed by atoms with Crippen molar-refractivity contribution >= 4 is 0 Å². The maximum atomic E-state index is 3.26. The van der Waals surface area contributed by atoms with Crippen molar-refractivity contribution in [1.82, 2.24) is 15.1 Å². The van der Waals surface area contributed by atoms with E-state index in [-0.39, 0.29) is 5.54 Å². The largest absolute Gasteiger partial charge is 0.387 e. The first-order valence-electron chi connectivity index (χ1n) is 11.2. The molecular formula is C28H29N3. The van der Waals surface area contributed by atoms with Gasteiger partial charge in [-0.2, -0.15) is 0 Å². The first kappa shape index (κ1) is 19.7. The Labute approximate surface area is 185 Å². The van der Waals surface area contributed by atoms with Gasteiger partial charge < -0.3 is 10.2 Å². The molecule has 3 nitrogen and oxygen atoms in total. The molecule has 1 fully saturated rings. The number of nitrogens with zero attached hydrogens (tertiary/aromatic N) is 2. The molecule has 0 amide bonds. The van der Waals surface area contributed by atoms with Crippen LogP contribution >= 0.6 is 0 Å². The summed E-state index contributed by atoms with van der Waals surface area (Å²) in [6.07, 6.45) is 6.54. The maximum absolute atomic E-state index is 3.26. The normalized spacial score (nSPS) is 17.2. The highest BCUT2D eigenvalue weighted by Gasteiger charge is 2.43. The van der Waals surface area contributed by atoms with Gasteiger partial charge in [0.05, 0.1) is 5.54 Å². The van der Waals surface area contributed by atoms with E-state index in [0.29, 0.717) is 0 Å². The minimum absolute atomic E-state index is 0.311. The van der Waals surface area contributed by atoms with Crippen LogP contribution in [0.3, 0.4) is 0 Å². The molecule has 3 heteroatoms. The molecule has 1 saturated heterocycles. The van der Waals surface area contributed by atoms with Crippen molar-refractivity contribution in [2.24, 2.45) is 0 Å². The Morgan fingerprint density at radius 2 is 1.10 bits per heavy atom. The maximum Gasteiger partial charge on any atom is 0.0974 e. The van der Waals surface area contributed by atoms with Crippen LogP contribution in [0, 0.1) is 0 Å². The van der Waals surface area contributed by atoms with E-state index in [1.54, 1.807) is 0 Å². The Morgan fingerprint density at radius 3 is 1.52 bits per heavy atom. The van der Waals surface area contributed by atoms with E-state index in [0.717, 1.165) is 32.7 Å². The summed E-state index contributed by atoms with van der Waals surface area (Å²) >= 11 is 0. The summed E-state index contributed by atoms with van der Waals surface area (Å²) in [6.45, 7) is 4.94. The fourth-order valence-corrected chi connectivity index (χ4v) is 5.06. The molecule has 1 N–H and O–H groups in total. The lowest BCUT2D eigenvalue weighted by atomic mass is 9.75. The molecule has 3 aromatic carbocycles. The van der Waals surface area contributed by atoms with Crippen LogP contribution in [-0.2, 0) is 5.54 Å². The Morgan fingerprint density at radius 1 is 0.613 bits per heavy atom. The molecule has 2 aliphatic heterocycles. The van der Waals surface area contributed by atoms with E-state index in [2.05, 4.69) is 124 Å². The van der Waals surface area contributed by atoms with Crippen LogP contribution in [0.1, 0.15) is 16.7 Å². The summed E-state index contributed by atoms with van der Waals surface area (Å²) in [7, 11) is 0. The summed E-state index contributed by atoms with van der Waals surface area (Å²) in [6, 6.07) is 33.0. The summed E-state index contributed by atoms with van der Waals surface area (Å²) in [5.74, 6) is 0. The summed E-state index contributed by atoms with van der Waals surface area (Å²) in [5, 5.41) is 3.26. The van der Waals surface area contributed by atoms with E-state index < -0.39 is 0 Å². The molecule has 31 heavy (non-hydrogen) atoms. The standard InChI is InChI=1S/C28H29N3/c1-4-10-24(11-5-1)28(25-12-6-2-7-13-25,26-14-8-3-9-15-26)31-22-20-30(21-23-31)27-16-18-29-19-17-27/h1-18,29H,19-23H2. The lowest BCUT2D eigenvalue weighted by Gasteiger charge is -2.49. The van der Waals surface area contributed by atoms with Crippen LogP contribution in [0.5, 0.6) is 0 Å². The highest BCUT2D eigenvalue weighted by atomic mass is 15.3. The van der Waals surface area contributed by atoms with Crippen molar-refractivity contribution in [3.8, 4) is 0 Å². The van der Waals surface area contributed by atoms with Crippen LogP contribution < -0.4 is 5.32 Å². The molecule has 0 saturated carbocycles. The van der Waals surface area contributed by atoms with Gasteiger partial charge in [-0.3, -0.25) is 4.90 Å². The van der Waals surface area contributed by atoms with Crippen molar-refractivity contribution in [3.05, 3.63) is 132 Å². The Kier molecular flexibility index (Phi) is 5.59. The van der Waals surface area contributed by atoms with Gasteiger partial charge in [0.15, 0.2) is 0 Å². The van der Waals surface area contributed by atoms with Gasteiger partial charge in [-0.05, 0) is 35.0 Å². The molecule has 0 spiro atoms. The zero-order valence-corrected chi connectivity index (χ0v) is 17.8. The number of hydrogen-bond donors (Lipinski definition) is 1. The van der Waals surface area contributed by atoms with Crippen LogP contribution in [0.15, 0.2) is 115 Å². The van der Waals surface area contributed by atoms with Gasteiger partial charge in [0.1, 0.15) is 0 Å². The third-order valence-corrected chi connectivity index (χ3v) is 6.49. The number of dihydropyridines is 1. The predicted molar refractivity (Wildman–Crippen MR) is 128 cm³/mol. The number of piperazine rings is 1. The zero-order valence-electron chi connectivity index (χ0n) is 17.8. The molecule has 0 radical (unpaired) electrons. The number of allylic oxidation sites excluding steroid dienone is 1. The third-order valence-electron chi connectivity index (χ3n) is 6.49. The van der Waals surface area contributed by atoms with E-state index in [4.69, 9.17) is 0 Å². The average molecular weight is 408 g/mol. The highest BCUT2D eigenvalue weighted by molar-refractivity contribution is 5.49. The molecular weight excluding hydrogens is 378 g/mol. The molecule has 0 bridgehead atoms. The average Bonchev–Trinajstić information content (AvgIpc) is 2.88. The van der Waals surface area contributed by atoms with Crippen molar-refractivity contribution in [1.29, 1.82) is 0 Å². The van der Waals surface area contributed by atoms with Gasteiger partial charge in [0, 0.05) is 38.4 Å². The van der Waals surface area contributed by atoms with E-state index in [9.17, 15) is 0 Å². The first-order valence-corrected chi connectivity index (χ1v) is 11.2. The topological polar surface area (TPSA) is 18.5 Å². The number of nitrogens with one attached hydrogen (secondary N) is 1. The van der Waals surface area contributed by atoms with Crippen molar-refractivity contribution in [2.75, 3.05) is 32.7 Å². The van der Waals surface area contributed by atoms with Crippen LogP contribution in [0.2, 0.25) is 0 Å². The molecule has 2 heterocycles. The predicted octanol–water partition coefficient (Wildman–Crippen LogP) is 4.60. The molecule has 156 valence electrons. The van der Waals surface area contributed by atoms with Gasteiger partial charge in [0.2, 0.25) is 0 Å². The minimum atomic E-state index is -0.311. The Bertz CT molecular complexity index is 937. The fraction of sp³-hybridized carbons (Fsp3) is 0.214. The van der Waals surface area contributed by atoms with Gasteiger partial charge in [0.25, 0.3) is 0 Å². The van der Waals surface area contributed by atoms with E-state index >= 15 is 0 Å². The van der Waals surface area contributed by atoms with Gasteiger partial charge in [-0.25, -0.2) is 0 Å². The number of rotatable bonds is 5. The molecule has 0 aliphatic carbocycles. The first-order chi connectivity index (χ1) is 15.4. The van der Waals surface area contributed by atoms with Crippen LogP contribution in [0.25, 0.3) is 0 Å². The second-order valence-corrected chi connectivity index (χ2v) is 8.15.